The summed E-state index contributed by atoms with van der Waals surface area (Å²) in [7, 11) is 0. The Morgan fingerprint density at radius 2 is 1.33 bits per heavy atom. The quantitative estimate of drug-likeness (QED) is 0.264. The predicted molar refractivity (Wildman–Crippen MR) is 196 cm³/mol. The number of hydrogen-bond acceptors (Lipinski definition) is 8. The molecule has 274 valence electrons. The van der Waals surface area contributed by atoms with E-state index in [1.54, 1.807) is 11.3 Å². The van der Waals surface area contributed by atoms with Gasteiger partial charge < -0.3 is 25.3 Å². The minimum atomic E-state index is -0.309. The molecular formula is C36H65N7O4S. The van der Waals surface area contributed by atoms with Crippen LogP contribution in [0.1, 0.15) is 142 Å². The van der Waals surface area contributed by atoms with Crippen LogP contribution >= 0.6 is 11.3 Å². The summed E-state index contributed by atoms with van der Waals surface area (Å²) in [5, 5.41) is 19.0. The average Bonchev–Trinajstić information content (AvgIpc) is 3.74. The van der Waals surface area contributed by atoms with Crippen LogP contribution in [0.2, 0.25) is 0 Å². The summed E-state index contributed by atoms with van der Waals surface area (Å²) in [5.74, 6) is 2.14. The zero-order valence-electron chi connectivity index (χ0n) is 32.5. The number of nitrogens with one attached hydrogen (secondary N) is 3. The maximum absolute atomic E-state index is 11.8. The normalized spacial score (nSPS) is 15.1. The standard InChI is InChI=1S/C13H26N2O.C12H20N2OS.C11H19N3O2/c1-10(2)8-14-12(16)15-7-6-11(9-15)13(3,4)5;1-8(2)6-13-10(15)9-7-16-11(14-9)12(3,4)5;1-7(2)6-12-8(15)9-13-14-10(16-9)11(3,4)5/h10-11H,6-9H2,1-5H3,(H,14,16);7-8H,6H2,1-5H3,(H,13,15);7H,6H2,1-5H3,(H,12,15). The number of likely N-dealkylation sites (tertiary alicyclic amines) is 1. The summed E-state index contributed by atoms with van der Waals surface area (Å²) in [5.41, 5.74) is 0.633. The molecule has 12 heteroatoms. The summed E-state index contributed by atoms with van der Waals surface area (Å²) in [6.45, 7) is 35.2. The van der Waals surface area contributed by atoms with Crippen LogP contribution in [0.4, 0.5) is 4.79 Å². The number of carbonyl (C=O) groups is 3. The molecule has 0 aliphatic carbocycles. The zero-order chi connectivity index (χ0) is 37.0. The molecule has 1 aliphatic heterocycles. The van der Waals surface area contributed by atoms with Crippen LogP contribution in [0, 0.1) is 29.1 Å². The molecule has 3 heterocycles. The number of nitrogens with zero attached hydrogens (tertiary/aromatic N) is 4. The first kappa shape index (κ1) is 43.0. The summed E-state index contributed by atoms with van der Waals surface area (Å²) < 4.78 is 5.31. The Hall–Kier alpha value is -3.02. The van der Waals surface area contributed by atoms with E-state index in [1.807, 2.05) is 44.9 Å². The monoisotopic (exact) mass is 691 g/mol. The third kappa shape index (κ3) is 15.9. The smallest absolute Gasteiger partial charge is 0.317 e. The van der Waals surface area contributed by atoms with Crippen LogP contribution in [0.15, 0.2) is 9.80 Å². The van der Waals surface area contributed by atoms with Gasteiger partial charge in [-0.05, 0) is 35.5 Å². The summed E-state index contributed by atoms with van der Waals surface area (Å²) in [6.07, 6.45) is 1.14. The van der Waals surface area contributed by atoms with E-state index in [1.165, 1.54) is 0 Å². The molecule has 0 aromatic carbocycles. The van der Waals surface area contributed by atoms with Crippen molar-refractivity contribution < 1.29 is 18.8 Å². The Kier molecular flexibility index (Phi) is 16.7. The second-order valence-corrected chi connectivity index (χ2v) is 17.9. The Balaban J connectivity index is 0.000000360. The number of hydrogen-bond donors (Lipinski definition) is 3. The van der Waals surface area contributed by atoms with Gasteiger partial charge in [-0.3, -0.25) is 9.59 Å². The lowest BCUT2D eigenvalue weighted by atomic mass is 9.80. The first-order valence-corrected chi connectivity index (χ1v) is 18.2. The molecule has 0 saturated carbocycles. The number of amides is 4. The van der Waals surface area contributed by atoms with Crippen molar-refractivity contribution in [2.75, 3.05) is 32.7 Å². The van der Waals surface area contributed by atoms with Crippen molar-refractivity contribution in [3.8, 4) is 0 Å². The van der Waals surface area contributed by atoms with Crippen LogP contribution in [-0.2, 0) is 10.8 Å². The van der Waals surface area contributed by atoms with Gasteiger partial charge in [0.25, 0.3) is 5.91 Å². The van der Waals surface area contributed by atoms with Gasteiger partial charge in [0.2, 0.25) is 5.89 Å². The molecule has 0 bridgehead atoms. The molecule has 1 unspecified atom stereocenters. The highest BCUT2D eigenvalue weighted by Gasteiger charge is 2.33. The summed E-state index contributed by atoms with van der Waals surface area (Å²) in [4.78, 5) is 41.5. The number of thiazole rings is 1. The molecule has 2 aromatic rings. The van der Waals surface area contributed by atoms with Gasteiger partial charge in [0, 0.05) is 48.9 Å². The van der Waals surface area contributed by atoms with Crippen molar-refractivity contribution in [2.45, 2.75) is 121 Å². The molecule has 1 saturated heterocycles. The van der Waals surface area contributed by atoms with Crippen molar-refractivity contribution in [3.63, 3.8) is 0 Å². The van der Waals surface area contributed by atoms with E-state index in [0.717, 1.165) is 31.1 Å². The van der Waals surface area contributed by atoms with Crippen LogP contribution in [0.25, 0.3) is 0 Å². The van der Waals surface area contributed by atoms with Crippen molar-refractivity contribution in [2.24, 2.45) is 29.1 Å². The van der Waals surface area contributed by atoms with Crippen LogP contribution < -0.4 is 16.0 Å². The first-order chi connectivity index (χ1) is 21.9. The highest BCUT2D eigenvalue weighted by Crippen LogP contribution is 2.33. The van der Waals surface area contributed by atoms with Crippen molar-refractivity contribution in [1.29, 1.82) is 0 Å². The number of urea groups is 1. The summed E-state index contributed by atoms with van der Waals surface area (Å²) in [6, 6.07) is 0.112. The minimum absolute atomic E-state index is 0.0151. The van der Waals surface area contributed by atoms with Crippen molar-refractivity contribution >= 4 is 29.2 Å². The van der Waals surface area contributed by atoms with Crippen molar-refractivity contribution in [1.82, 2.24) is 36.0 Å². The molecule has 1 fully saturated rings. The molecule has 0 radical (unpaired) electrons. The van der Waals surface area contributed by atoms with E-state index in [-0.39, 0.29) is 34.6 Å². The van der Waals surface area contributed by atoms with Crippen LogP contribution in [-0.4, -0.2) is 70.7 Å². The third-order valence-electron chi connectivity index (χ3n) is 7.34. The topological polar surface area (TPSA) is 142 Å². The lowest BCUT2D eigenvalue weighted by Crippen LogP contribution is -2.40. The Labute approximate surface area is 294 Å². The van der Waals surface area contributed by atoms with Gasteiger partial charge in [-0.2, -0.15) is 0 Å². The second-order valence-electron chi connectivity index (χ2n) is 17.0. The van der Waals surface area contributed by atoms with Crippen molar-refractivity contribution in [3.05, 3.63) is 27.9 Å². The van der Waals surface area contributed by atoms with E-state index in [9.17, 15) is 14.4 Å². The SMILES string of the molecule is CC(C)CNC(=O)N1CCC(C(C)(C)C)C1.CC(C)CNC(=O)c1csc(C(C)(C)C)n1.CC(C)CNC(=O)c1nnc(C(C)(C)C)o1. The molecular weight excluding hydrogens is 627 g/mol. The Bertz CT molecular complexity index is 1210. The number of aromatic nitrogens is 3. The molecule has 1 aliphatic rings. The van der Waals surface area contributed by atoms with Gasteiger partial charge in [0.1, 0.15) is 5.69 Å². The van der Waals surface area contributed by atoms with Gasteiger partial charge in [-0.1, -0.05) is 104 Å². The van der Waals surface area contributed by atoms with Gasteiger partial charge in [-0.15, -0.1) is 21.5 Å². The molecule has 11 nitrogen and oxygen atoms in total. The van der Waals surface area contributed by atoms with E-state index >= 15 is 0 Å². The van der Waals surface area contributed by atoms with E-state index in [4.69, 9.17) is 4.42 Å². The zero-order valence-corrected chi connectivity index (χ0v) is 33.3. The maximum atomic E-state index is 11.8. The van der Waals surface area contributed by atoms with Gasteiger partial charge in [-0.25, -0.2) is 9.78 Å². The van der Waals surface area contributed by atoms with Crippen LogP contribution in [0.5, 0.6) is 0 Å². The first-order valence-electron chi connectivity index (χ1n) is 17.3. The maximum Gasteiger partial charge on any atom is 0.317 e. The van der Waals surface area contributed by atoms with Gasteiger partial charge in [0.05, 0.1) is 5.01 Å². The fraction of sp³-hybridized carbons (Fsp3) is 0.778. The average molecular weight is 692 g/mol. The van der Waals surface area contributed by atoms with Gasteiger partial charge in [0.15, 0.2) is 0 Å². The number of rotatable bonds is 8. The van der Waals surface area contributed by atoms with Gasteiger partial charge >= 0.3 is 17.8 Å². The molecule has 4 amide bonds. The van der Waals surface area contributed by atoms with Crippen LogP contribution in [0.3, 0.4) is 0 Å². The summed E-state index contributed by atoms with van der Waals surface area (Å²) >= 11 is 1.55. The minimum Gasteiger partial charge on any atom is -0.416 e. The fourth-order valence-corrected chi connectivity index (χ4v) is 5.04. The molecule has 48 heavy (non-hydrogen) atoms. The molecule has 1 atom stereocenters. The molecule has 3 rings (SSSR count). The number of carbonyl (C=O) groups excluding carboxylic acids is 3. The van der Waals surface area contributed by atoms with E-state index < -0.39 is 0 Å². The third-order valence-corrected chi connectivity index (χ3v) is 8.61. The lowest BCUT2D eigenvalue weighted by molar-refractivity contribution is 0.0909. The Morgan fingerprint density at radius 3 is 1.75 bits per heavy atom. The Morgan fingerprint density at radius 1 is 0.812 bits per heavy atom. The second kappa shape index (κ2) is 18.7. The fourth-order valence-electron chi connectivity index (χ4n) is 4.16. The largest absolute Gasteiger partial charge is 0.416 e. The highest BCUT2D eigenvalue weighted by molar-refractivity contribution is 7.10. The highest BCUT2D eigenvalue weighted by atomic mass is 32.1. The molecule has 2 aromatic heterocycles. The van der Waals surface area contributed by atoms with E-state index in [0.29, 0.717) is 53.8 Å². The molecule has 3 N–H and O–H groups in total. The predicted octanol–water partition coefficient (Wildman–Crippen LogP) is 7.30. The molecule has 0 spiro atoms. The van der Waals surface area contributed by atoms with E-state index in [2.05, 4.69) is 100 Å². The lowest BCUT2D eigenvalue weighted by Gasteiger charge is -2.27.